The summed E-state index contributed by atoms with van der Waals surface area (Å²) in [6.07, 6.45) is 1.36. The van der Waals surface area contributed by atoms with Gasteiger partial charge < -0.3 is 10.2 Å². The zero-order valence-corrected chi connectivity index (χ0v) is 17.5. The summed E-state index contributed by atoms with van der Waals surface area (Å²) in [5.74, 6) is 0.0119. The largest absolute Gasteiger partial charge is 0.349 e. The number of nitrogens with zero attached hydrogens (tertiary/aromatic N) is 1. The number of likely N-dealkylation sites (tertiary alicyclic amines) is 1. The van der Waals surface area contributed by atoms with Gasteiger partial charge in [-0.1, -0.05) is 39.7 Å². The molecule has 2 aromatic rings. The fraction of sp³-hybridized carbons (Fsp3) is 0.333. The fourth-order valence-corrected chi connectivity index (χ4v) is 3.68. The van der Waals surface area contributed by atoms with Gasteiger partial charge in [0.15, 0.2) is 0 Å². The average molecular weight is 450 g/mol. The Bertz CT molecular complexity index is 800. The summed E-state index contributed by atoms with van der Waals surface area (Å²) in [5.41, 5.74) is 1.70. The van der Waals surface area contributed by atoms with Gasteiger partial charge in [-0.3, -0.25) is 9.59 Å². The maximum atomic E-state index is 12.6. The van der Waals surface area contributed by atoms with Crippen molar-refractivity contribution in [2.45, 2.75) is 25.8 Å². The molecular formula is C21H22BrClN2O2. The highest BCUT2D eigenvalue weighted by Gasteiger charge is 2.28. The van der Waals surface area contributed by atoms with E-state index in [1.54, 1.807) is 0 Å². The lowest BCUT2D eigenvalue weighted by atomic mass is 9.94. The monoisotopic (exact) mass is 448 g/mol. The minimum atomic E-state index is -0.0720. The molecule has 1 aliphatic rings. The lowest BCUT2D eigenvalue weighted by molar-refractivity contribution is -0.126. The van der Waals surface area contributed by atoms with E-state index in [0.717, 1.165) is 10.0 Å². The lowest BCUT2D eigenvalue weighted by Gasteiger charge is -2.32. The van der Waals surface area contributed by atoms with Crippen molar-refractivity contribution in [1.82, 2.24) is 10.2 Å². The summed E-state index contributed by atoms with van der Waals surface area (Å²) in [4.78, 5) is 27.0. The second-order valence-electron chi connectivity index (χ2n) is 6.86. The topological polar surface area (TPSA) is 49.4 Å². The van der Waals surface area contributed by atoms with Crippen LogP contribution in [-0.2, 0) is 4.79 Å². The van der Waals surface area contributed by atoms with Gasteiger partial charge >= 0.3 is 0 Å². The highest BCUT2D eigenvalue weighted by Crippen LogP contribution is 2.22. The number of hydrogen-bond acceptors (Lipinski definition) is 2. The molecule has 0 radical (unpaired) electrons. The minimum absolute atomic E-state index is 0.0240. The molecule has 0 spiro atoms. The van der Waals surface area contributed by atoms with E-state index in [0.29, 0.717) is 36.5 Å². The first kappa shape index (κ1) is 19.9. The molecule has 1 fully saturated rings. The molecular weight excluding hydrogens is 428 g/mol. The van der Waals surface area contributed by atoms with Crippen molar-refractivity contribution in [3.05, 3.63) is 69.2 Å². The maximum absolute atomic E-state index is 12.6. The zero-order valence-electron chi connectivity index (χ0n) is 15.1. The Kier molecular flexibility index (Phi) is 6.55. The van der Waals surface area contributed by atoms with E-state index in [9.17, 15) is 9.59 Å². The molecule has 0 aliphatic carbocycles. The highest BCUT2D eigenvalue weighted by molar-refractivity contribution is 9.10. The summed E-state index contributed by atoms with van der Waals surface area (Å²) in [6.45, 7) is 3.16. The molecule has 0 bridgehead atoms. The molecule has 3 rings (SSSR count). The van der Waals surface area contributed by atoms with Crippen LogP contribution in [0.1, 0.15) is 41.7 Å². The van der Waals surface area contributed by atoms with Crippen LogP contribution in [-0.4, -0.2) is 29.8 Å². The van der Waals surface area contributed by atoms with Crippen LogP contribution in [0.25, 0.3) is 0 Å². The molecule has 1 atom stereocenters. The molecule has 6 heteroatoms. The fourth-order valence-electron chi connectivity index (χ4n) is 3.29. The number of halogens is 2. The van der Waals surface area contributed by atoms with Crippen molar-refractivity contribution in [3.63, 3.8) is 0 Å². The van der Waals surface area contributed by atoms with Gasteiger partial charge in [0, 0.05) is 34.1 Å². The van der Waals surface area contributed by atoms with Crippen LogP contribution < -0.4 is 5.32 Å². The van der Waals surface area contributed by atoms with E-state index in [4.69, 9.17) is 11.6 Å². The van der Waals surface area contributed by atoms with E-state index in [-0.39, 0.29) is 23.8 Å². The van der Waals surface area contributed by atoms with Crippen molar-refractivity contribution in [3.8, 4) is 0 Å². The van der Waals surface area contributed by atoms with Crippen LogP contribution in [0.3, 0.4) is 0 Å². The summed E-state index contributed by atoms with van der Waals surface area (Å²) in [6, 6.07) is 14.8. The number of rotatable bonds is 4. The quantitative estimate of drug-likeness (QED) is 0.726. The molecule has 0 saturated carbocycles. The molecule has 142 valence electrons. The summed E-state index contributed by atoms with van der Waals surface area (Å²) in [7, 11) is 0. The smallest absolute Gasteiger partial charge is 0.253 e. The number of hydrogen-bond donors (Lipinski definition) is 1. The maximum Gasteiger partial charge on any atom is 0.253 e. The molecule has 1 heterocycles. The molecule has 1 unspecified atom stereocenters. The average Bonchev–Trinajstić information content (AvgIpc) is 2.68. The Morgan fingerprint density at radius 2 is 1.67 bits per heavy atom. The SMILES string of the molecule is CC(NC(=O)C1CCN(C(=O)c2ccc(Br)cc2)CC1)c1ccc(Cl)cc1. The van der Waals surface area contributed by atoms with E-state index >= 15 is 0 Å². The summed E-state index contributed by atoms with van der Waals surface area (Å²) in [5, 5.41) is 3.76. The van der Waals surface area contributed by atoms with Gasteiger partial charge in [0.2, 0.25) is 5.91 Å². The first-order chi connectivity index (χ1) is 12.9. The molecule has 1 N–H and O–H groups in total. The van der Waals surface area contributed by atoms with Crippen molar-refractivity contribution in [2.24, 2.45) is 5.92 Å². The Morgan fingerprint density at radius 1 is 1.07 bits per heavy atom. The van der Waals surface area contributed by atoms with Gasteiger partial charge in [-0.05, 0) is 61.7 Å². The molecule has 2 aromatic carbocycles. The predicted octanol–water partition coefficient (Wildman–Crippen LogP) is 4.83. The van der Waals surface area contributed by atoms with Crippen molar-refractivity contribution in [2.75, 3.05) is 13.1 Å². The predicted molar refractivity (Wildman–Crippen MR) is 111 cm³/mol. The van der Waals surface area contributed by atoms with Crippen molar-refractivity contribution >= 4 is 39.3 Å². The molecule has 27 heavy (non-hydrogen) atoms. The molecule has 1 saturated heterocycles. The third-order valence-electron chi connectivity index (χ3n) is 4.97. The van der Waals surface area contributed by atoms with Crippen LogP contribution in [0, 0.1) is 5.92 Å². The van der Waals surface area contributed by atoms with Gasteiger partial charge in [0.25, 0.3) is 5.91 Å². The second-order valence-corrected chi connectivity index (χ2v) is 8.21. The number of amides is 2. The van der Waals surface area contributed by atoms with Crippen LogP contribution in [0.4, 0.5) is 0 Å². The number of piperidine rings is 1. The standard InChI is InChI=1S/C21H22BrClN2O2/c1-14(15-4-8-19(23)9-5-15)24-20(26)16-10-12-25(13-11-16)21(27)17-2-6-18(22)7-3-17/h2-9,14,16H,10-13H2,1H3,(H,24,26). The Labute approximate surface area is 173 Å². The molecule has 1 aliphatic heterocycles. The minimum Gasteiger partial charge on any atom is -0.349 e. The van der Waals surface area contributed by atoms with Gasteiger partial charge in [0.1, 0.15) is 0 Å². The molecule has 4 nitrogen and oxygen atoms in total. The van der Waals surface area contributed by atoms with E-state index in [2.05, 4.69) is 21.2 Å². The van der Waals surface area contributed by atoms with Crippen LogP contribution in [0.15, 0.2) is 53.0 Å². The van der Waals surface area contributed by atoms with E-state index in [1.165, 1.54) is 0 Å². The number of benzene rings is 2. The third-order valence-corrected chi connectivity index (χ3v) is 5.75. The number of carbonyl (C=O) groups excluding carboxylic acids is 2. The first-order valence-corrected chi connectivity index (χ1v) is 10.2. The molecule has 0 aromatic heterocycles. The van der Waals surface area contributed by atoms with Crippen LogP contribution in [0.5, 0.6) is 0 Å². The van der Waals surface area contributed by atoms with Crippen LogP contribution in [0.2, 0.25) is 5.02 Å². The van der Waals surface area contributed by atoms with Gasteiger partial charge in [0.05, 0.1) is 6.04 Å². The highest BCUT2D eigenvalue weighted by atomic mass is 79.9. The van der Waals surface area contributed by atoms with Gasteiger partial charge in [-0.2, -0.15) is 0 Å². The first-order valence-electron chi connectivity index (χ1n) is 9.04. The molecule has 2 amide bonds. The number of nitrogens with one attached hydrogen (secondary N) is 1. The van der Waals surface area contributed by atoms with Gasteiger partial charge in [-0.15, -0.1) is 0 Å². The Morgan fingerprint density at radius 3 is 2.26 bits per heavy atom. The van der Waals surface area contributed by atoms with Crippen molar-refractivity contribution in [1.29, 1.82) is 0 Å². The zero-order chi connectivity index (χ0) is 19.4. The Balaban J connectivity index is 1.52. The van der Waals surface area contributed by atoms with Crippen molar-refractivity contribution < 1.29 is 9.59 Å². The third kappa shape index (κ3) is 5.11. The van der Waals surface area contributed by atoms with Gasteiger partial charge in [-0.25, -0.2) is 0 Å². The number of carbonyl (C=O) groups is 2. The van der Waals surface area contributed by atoms with E-state index < -0.39 is 0 Å². The summed E-state index contributed by atoms with van der Waals surface area (Å²) >= 11 is 9.29. The Hall–Kier alpha value is -1.85. The summed E-state index contributed by atoms with van der Waals surface area (Å²) < 4.78 is 0.948. The normalized spacial score (nSPS) is 16.0. The lowest BCUT2D eigenvalue weighted by Crippen LogP contribution is -2.43. The van der Waals surface area contributed by atoms with E-state index in [1.807, 2.05) is 60.4 Å². The second kappa shape index (κ2) is 8.89. The van der Waals surface area contributed by atoms with Crippen LogP contribution >= 0.6 is 27.5 Å².